The molecule has 2 amide bonds. The number of aromatic nitrogens is 4. The number of nitrogens with zero attached hydrogens (tertiary/aromatic N) is 5. The first-order valence-corrected chi connectivity index (χ1v) is 12.8. The molecule has 39 heavy (non-hydrogen) atoms. The van der Waals surface area contributed by atoms with Gasteiger partial charge in [-0.05, 0) is 30.2 Å². The normalized spacial score (nSPS) is 14.0. The predicted molar refractivity (Wildman–Crippen MR) is 146 cm³/mol. The molecule has 2 N–H and O–H groups in total. The van der Waals surface area contributed by atoms with Crippen LogP contribution in [0.15, 0.2) is 53.3 Å². The molecule has 0 unspecified atom stereocenters. The molecule has 0 radical (unpaired) electrons. The molecule has 1 aliphatic rings. The van der Waals surface area contributed by atoms with E-state index in [9.17, 15) is 4.79 Å². The smallest absolute Gasteiger partial charge is 0.324 e. The molecular weight excluding hydrogens is 498 g/mol. The van der Waals surface area contributed by atoms with E-state index in [1.54, 1.807) is 35.1 Å². The Bertz CT molecular complexity index is 1490. The van der Waals surface area contributed by atoms with Crippen LogP contribution in [0.1, 0.15) is 37.8 Å². The lowest BCUT2D eigenvalue weighted by Gasteiger charge is -2.26. The average Bonchev–Trinajstić information content (AvgIpc) is 3.56. The maximum atomic E-state index is 12.3. The van der Waals surface area contributed by atoms with Gasteiger partial charge in [0, 0.05) is 48.4 Å². The van der Waals surface area contributed by atoms with Gasteiger partial charge in [0.1, 0.15) is 23.8 Å². The van der Waals surface area contributed by atoms with Crippen molar-refractivity contribution < 1.29 is 18.8 Å². The largest absolute Gasteiger partial charge is 0.490 e. The number of rotatable bonds is 6. The molecule has 0 atom stereocenters. The molecular formula is C28H31N7O4. The minimum Gasteiger partial charge on any atom is -0.490 e. The molecule has 11 heteroatoms. The number of ether oxygens (including phenoxy) is 2. The highest BCUT2D eigenvalue weighted by Crippen LogP contribution is 2.24. The van der Waals surface area contributed by atoms with Gasteiger partial charge in [0.25, 0.3) is 0 Å². The fourth-order valence-corrected chi connectivity index (χ4v) is 3.88. The van der Waals surface area contributed by atoms with E-state index >= 15 is 0 Å². The zero-order chi connectivity index (χ0) is 27.2. The Morgan fingerprint density at radius 1 is 1.08 bits per heavy atom. The monoisotopic (exact) mass is 529 g/mol. The summed E-state index contributed by atoms with van der Waals surface area (Å²) in [4.78, 5) is 19.0. The number of imidazole rings is 1. The standard InChI is InChI=1S/C28H31N7O4/c1-28(2,3)24-17-25(33-39-24)32-27(36)31-21-7-4-20(5-8-21)6-9-22-18-29-26-16-23(19-30-35(22)26)38-15-12-34-10-13-37-14-11-34/h4-5,7-8,16-19H,10-15H2,1-3H3,(H2,31,32,33,36). The Morgan fingerprint density at radius 3 is 2.62 bits per heavy atom. The number of nitrogens with one attached hydrogen (secondary N) is 2. The molecule has 4 heterocycles. The van der Waals surface area contributed by atoms with Crippen LogP contribution in [0.25, 0.3) is 5.65 Å². The van der Waals surface area contributed by atoms with Gasteiger partial charge in [0.15, 0.2) is 11.5 Å². The summed E-state index contributed by atoms with van der Waals surface area (Å²) in [6.45, 7) is 10.9. The second-order valence-electron chi connectivity index (χ2n) is 10.1. The van der Waals surface area contributed by atoms with Crippen molar-refractivity contribution in [1.29, 1.82) is 0 Å². The Morgan fingerprint density at radius 2 is 1.87 bits per heavy atom. The summed E-state index contributed by atoms with van der Waals surface area (Å²) in [7, 11) is 0. The summed E-state index contributed by atoms with van der Waals surface area (Å²) >= 11 is 0. The maximum absolute atomic E-state index is 12.3. The van der Waals surface area contributed by atoms with E-state index in [1.165, 1.54) is 0 Å². The first-order valence-electron chi connectivity index (χ1n) is 12.8. The lowest BCUT2D eigenvalue weighted by Crippen LogP contribution is -2.38. The van der Waals surface area contributed by atoms with E-state index in [0.29, 0.717) is 41.0 Å². The zero-order valence-corrected chi connectivity index (χ0v) is 22.2. The SMILES string of the molecule is CC(C)(C)c1cc(NC(=O)Nc2ccc(C#Cc3cnc4cc(OCCN5CCOCC5)cnn34)cc2)no1. The van der Waals surface area contributed by atoms with Crippen molar-refractivity contribution in [2.24, 2.45) is 0 Å². The highest BCUT2D eigenvalue weighted by Gasteiger charge is 2.20. The number of morpholine rings is 1. The summed E-state index contributed by atoms with van der Waals surface area (Å²) < 4.78 is 18.2. The maximum Gasteiger partial charge on any atom is 0.324 e. The molecule has 0 aliphatic carbocycles. The molecule has 202 valence electrons. The molecule has 4 aromatic rings. The van der Waals surface area contributed by atoms with Crippen LogP contribution >= 0.6 is 0 Å². The van der Waals surface area contributed by atoms with Crippen molar-refractivity contribution in [3.05, 3.63) is 65.8 Å². The first-order chi connectivity index (χ1) is 18.8. The quantitative estimate of drug-likeness (QED) is 0.363. The van der Waals surface area contributed by atoms with Gasteiger partial charge in [0.2, 0.25) is 0 Å². The molecule has 1 saturated heterocycles. The summed E-state index contributed by atoms with van der Waals surface area (Å²) in [5, 5.41) is 13.8. The highest BCUT2D eigenvalue weighted by molar-refractivity contribution is 5.99. The van der Waals surface area contributed by atoms with E-state index in [0.717, 1.165) is 38.4 Å². The lowest BCUT2D eigenvalue weighted by molar-refractivity contribution is 0.0322. The van der Waals surface area contributed by atoms with E-state index in [1.807, 2.05) is 39.0 Å². The second kappa shape index (κ2) is 11.6. The third-order valence-corrected chi connectivity index (χ3v) is 6.08. The van der Waals surface area contributed by atoms with Crippen LogP contribution in [0.2, 0.25) is 0 Å². The van der Waals surface area contributed by atoms with Crippen molar-refractivity contribution in [2.75, 3.05) is 50.1 Å². The fourth-order valence-electron chi connectivity index (χ4n) is 3.88. The predicted octanol–water partition coefficient (Wildman–Crippen LogP) is 3.77. The Kier molecular flexibility index (Phi) is 7.76. The number of hydrogen-bond donors (Lipinski definition) is 2. The van der Waals surface area contributed by atoms with Crippen LogP contribution < -0.4 is 15.4 Å². The van der Waals surface area contributed by atoms with Gasteiger partial charge in [-0.2, -0.15) is 5.10 Å². The van der Waals surface area contributed by atoms with Crippen molar-refractivity contribution in [2.45, 2.75) is 26.2 Å². The number of hydrogen-bond acceptors (Lipinski definition) is 8. The number of anilines is 2. The molecule has 1 aliphatic heterocycles. The number of carbonyl (C=O) groups is 1. The van der Waals surface area contributed by atoms with Crippen LogP contribution in [0.5, 0.6) is 5.75 Å². The fraction of sp³-hybridized carbons (Fsp3) is 0.357. The van der Waals surface area contributed by atoms with Gasteiger partial charge >= 0.3 is 6.03 Å². The van der Waals surface area contributed by atoms with E-state index < -0.39 is 6.03 Å². The van der Waals surface area contributed by atoms with Crippen LogP contribution in [0.4, 0.5) is 16.3 Å². The molecule has 5 rings (SSSR count). The van der Waals surface area contributed by atoms with Crippen molar-refractivity contribution in [1.82, 2.24) is 24.7 Å². The summed E-state index contributed by atoms with van der Waals surface area (Å²) in [5.74, 6) is 7.94. The number of benzene rings is 1. The Balaban J connectivity index is 1.15. The Labute approximate surface area is 226 Å². The first kappa shape index (κ1) is 26.2. The van der Waals surface area contributed by atoms with Gasteiger partial charge in [-0.15, -0.1) is 0 Å². The van der Waals surface area contributed by atoms with Gasteiger partial charge in [0.05, 0.1) is 25.6 Å². The van der Waals surface area contributed by atoms with Gasteiger partial charge in [-0.25, -0.2) is 14.3 Å². The van der Waals surface area contributed by atoms with Crippen LogP contribution in [-0.4, -0.2) is 70.1 Å². The van der Waals surface area contributed by atoms with Gasteiger partial charge < -0.3 is 19.3 Å². The van der Waals surface area contributed by atoms with Gasteiger partial charge in [-0.3, -0.25) is 10.2 Å². The highest BCUT2D eigenvalue weighted by atomic mass is 16.5. The zero-order valence-electron chi connectivity index (χ0n) is 22.2. The van der Waals surface area contributed by atoms with E-state index in [-0.39, 0.29) is 5.41 Å². The minimum absolute atomic E-state index is 0.194. The topological polar surface area (TPSA) is 119 Å². The van der Waals surface area contributed by atoms with Crippen LogP contribution in [0, 0.1) is 11.8 Å². The minimum atomic E-state index is -0.413. The molecule has 0 bridgehead atoms. The lowest BCUT2D eigenvalue weighted by atomic mass is 9.93. The van der Waals surface area contributed by atoms with E-state index in [4.69, 9.17) is 14.0 Å². The molecule has 11 nitrogen and oxygen atoms in total. The number of amides is 2. The van der Waals surface area contributed by atoms with Crippen LogP contribution in [0.3, 0.4) is 0 Å². The summed E-state index contributed by atoms with van der Waals surface area (Å²) in [6.07, 6.45) is 3.36. The summed E-state index contributed by atoms with van der Waals surface area (Å²) in [6, 6.07) is 10.4. The number of carbonyl (C=O) groups excluding carboxylic acids is 1. The van der Waals surface area contributed by atoms with E-state index in [2.05, 4.69) is 42.6 Å². The number of urea groups is 1. The molecule has 1 fully saturated rings. The number of fused-ring (bicyclic) bond motifs is 1. The molecule has 0 spiro atoms. The third-order valence-electron chi connectivity index (χ3n) is 6.08. The second-order valence-corrected chi connectivity index (χ2v) is 10.1. The summed E-state index contributed by atoms with van der Waals surface area (Å²) in [5.41, 5.74) is 2.53. The molecule has 1 aromatic carbocycles. The van der Waals surface area contributed by atoms with Crippen LogP contribution in [-0.2, 0) is 10.2 Å². The molecule has 3 aromatic heterocycles. The Hall–Kier alpha value is -4.40. The van der Waals surface area contributed by atoms with Crippen molar-refractivity contribution >= 4 is 23.2 Å². The van der Waals surface area contributed by atoms with Gasteiger partial charge in [-0.1, -0.05) is 31.8 Å². The third kappa shape index (κ3) is 6.93. The average molecular weight is 530 g/mol. The van der Waals surface area contributed by atoms with Crippen molar-refractivity contribution in [3.63, 3.8) is 0 Å². The van der Waals surface area contributed by atoms with Crippen molar-refractivity contribution in [3.8, 4) is 17.6 Å². The molecule has 0 saturated carbocycles.